The molecule has 0 unspecified atom stereocenters. The Morgan fingerprint density at radius 1 is 1.46 bits per heavy atom. The minimum atomic E-state index is -0.401. The number of ether oxygens (including phenoxy) is 2. The topological polar surface area (TPSA) is 56.6 Å². The van der Waals surface area contributed by atoms with Gasteiger partial charge in [-0.05, 0) is 32.6 Å². The summed E-state index contributed by atoms with van der Waals surface area (Å²) in [7, 11) is 0. The molecule has 0 N–H and O–H groups in total. The first-order valence-corrected chi connectivity index (χ1v) is 9.22. The zero-order valence-electron chi connectivity index (χ0n) is 14.8. The van der Waals surface area contributed by atoms with Crippen LogP contribution in [0.1, 0.15) is 51.4 Å². The summed E-state index contributed by atoms with van der Waals surface area (Å²) in [6, 6.07) is 0.325. The van der Waals surface area contributed by atoms with E-state index in [4.69, 9.17) is 9.47 Å². The summed E-state index contributed by atoms with van der Waals surface area (Å²) in [4.78, 5) is 19.1. The lowest BCUT2D eigenvalue weighted by Gasteiger charge is -2.35. The predicted molar refractivity (Wildman–Crippen MR) is 90.8 cm³/mol. The third-order valence-corrected chi connectivity index (χ3v) is 5.07. The van der Waals surface area contributed by atoms with Crippen LogP contribution in [0, 0.1) is 0 Å². The van der Waals surface area contributed by atoms with Crippen molar-refractivity contribution in [3.63, 3.8) is 0 Å². The molecule has 0 spiro atoms. The van der Waals surface area contributed by atoms with E-state index in [-0.39, 0.29) is 12.0 Å². The number of aromatic nitrogens is 2. The summed E-state index contributed by atoms with van der Waals surface area (Å²) < 4.78 is 13.6. The van der Waals surface area contributed by atoms with E-state index in [9.17, 15) is 4.79 Å². The van der Waals surface area contributed by atoms with E-state index in [1.807, 2.05) is 24.2 Å². The van der Waals surface area contributed by atoms with E-state index in [2.05, 4.69) is 16.5 Å². The van der Waals surface area contributed by atoms with Gasteiger partial charge >= 0.3 is 0 Å². The highest BCUT2D eigenvalue weighted by Gasteiger charge is 2.29. The molecule has 0 aliphatic carbocycles. The van der Waals surface area contributed by atoms with Crippen molar-refractivity contribution in [2.75, 3.05) is 26.3 Å². The summed E-state index contributed by atoms with van der Waals surface area (Å²) in [5.41, 5.74) is 0. The molecule has 134 valence electrons. The predicted octanol–water partition coefficient (Wildman–Crippen LogP) is 2.19. The Morgan fingerprint density at radius 3 is 3.08 bits per heavy atom. The van der Waals surface area contributed by atoms with Gasteiger partial charge in [0.25, 0.3) is 5.91 Å². The van der Waals surface area contributed by atoms with E-state index in [0.29, 0.717) is 12.6 Å². The highest BCUT2D eigenvalue weighted by molar-refractivity contribution is 5.80. The molecular weight excluding hydrogens is 306 g/mol. The summed E-state index contributed by atoms with van der Waals surface area (Å²) in [5, 5.41) is 0. The van der Waals surface area contributed by atoms with Gasteiger partial charge in [0, 0.05) is 38.5 Å². The molecule has 24 heavy (non-hydrogen) atoms. The van der Waals surface area contributed by atoms with Gasteiger partial charge in [-0.2, -0.15) is 0 Å². The number of imidazole rings is 1. The third kappa shape index (κ3) is 3.98. The van der Waals surface area contributed by atoms with Crippen LogP contribution in [0.2, 0.25) is 0 Å². The lowest BCUT2D eigenvalue weighted by molar-refractivity contribution is -0.146. The number of rotatable bonds is 6. The molecule has 6 nitrogen and oxygen atoms in total. The summed E-state index contributed by atoms with van der Waals surface area (Å²) >= 11 is 0. The van der Waals surface area contributed by atoms with E-state index >= 15 is 0 Å². The zero-order valence-corrected chi connectivity index (χ0v) is 14.8. The van der Waals surface area contributed by atoms with E-state index < -0.39 is 6.10 Å². The molecule has 0 saturated carbocycles. The molecule has 0 radical (unpaired) electrons. The van der Waals surface area contributed by atoms with Crippen molar-refractivity contribution in [3.05, 3.63) is 18.2 Å². The van der Waals surface area contributed by atoms with Crippen LogP contribution >= 0.6 is 0 Å². The molecule has 2 aliphatic heterocycles. The molecule has 2 fully saturated rings. The quantitative estimate of drug-likeness (QED) is 0.800. The molecule has 2 saturated heterocycles. The Bertz CT molecular complexity index is 539. The molecule has 3 heterocycles. The fourth-order valence-corrected chi connectivity index (χ4v) is 3.69. The second kappa shape index (κ2) is 8.12. The Hall–Kier alpha value is -1.40. The average molecular weight is 335 g/mol. The SMILES string of the molecule is CCc1nccn1[C@@H]1CCCN(C(=O)[C@H](C)OC[C@@H]2CCCO2)C1. The fraction of sp³-hybridized carbons (Fsp3) is 0.778. The van der Waals surface area contributed by atoms with E-state index in [0.717, 1.165) is 57.6 Å². The standard InChI is InChI=1S/C18H29N3O3/c1-3-17-19-8-10-21(17)15-6-4-9-20(12-15)18(22)14(2)24-13-16-7-5-11-23-16/h8,10,14-16H,3-7,9,11-13H2,1-2H3/t14-,15+,16-/m0/s1. The lowest BCUT2D eigenvalue weighted by atomic mass is 10.0. The maximum atomic E-state index is 12.7. The zero-order chi connectivity index (χ0) is 16.9. The van der Waals surface area contributed by atoms with Crippen molar-refractivity contribution >= 4 is 5.91 Å². The molecule has 1 aromatic rings. The molecule has 1 amide bonds. The van der Waals surface area contributed by atoms with Gasteiger partial charge in [-0.25, -0.2) is 4.98 Å². The van der Waals surface area contributed by atoms with Gasteiger partial charge in [-0.15, -0.1) is 0 Å². The minimum absolute atomic E-state index is 0.0934. The van der Waals surface area contributed by atoms with Gasteiger partial charge < -0.3 is 18.9 Å². The Kier molecular flexibility index (Phi) is 5.89. The number of nitrogens with zero attached hydrogens (tertiary/aromatic N) is 3. The maximum absolute atomic E-state index is 12.7. The second-order valence-electron chi connectivity index (χ2n) is 6.80. The van der Waals surface area contributed by atoms with Crippen molar-refractivity contribution in [2.24, 2.45) is 0 Å². The second-order valence-corrected chi connectivity index (χ2v) is 6.80. The first-order valence-electron chi connectivity index (χ1n) is 9.22. The van der Waals surface area contributed by atoms with Crippen LogP contribution in [0.4, 0.5) is 0 Å². The van der Waals surface area contributed by atoms with Crippen LogP contribution in [0.5, 0.6) is 0 Å². The number of likely N-dealkylation sites (tertiary alicyclic amines) is 1. The molecule has 3 atom stereocenters. The Labute approximate surface area is 144 Å². The third-order valence-electron chi connectivity index (χ3n) is 5.07. The maximum Gasteiger partial charge on any atom is 0.251 e. The molecule has 2 aliphatic rings. The molecule has 0 aromatic carbocycles. The first-order chi connectivity index (χ1) is 11.7. The Morgan fingerprint density at radius 2 is 2.33 bits per heavy atom. The van der Waals surface area contributed by atoms with Gasteiger partial charge in [-0.1, -0.05) is 6.92 Å². The number of hydrogen-bond donors (Lipinski definition) is 0. The number of amides is 1. The monoisotopic (exact) mass is 335 g/mol. The Balaban J connectivity index is 1.54. The molecule has 0 bridgehead atoms. The van der Waals surface area contributed by atoms with Crippen molar-refractivity contribution in [1.29, 1.82) is 0 Å². The number of piperidine rings is 1. The van der Waals surface area contributed by atoms with Gasteiger partial charge in [0.05, 0.1) is 18.8 Å². The molecule has 6 heteroatoms. The molecule has 1 aromatic heterocycles. The molecule has 3 rings (SSSR count). The highest BCUT2D eigenvalue weighted by atomic mass is 16.5. The van der Waals surface area contributed by atoms with Gasteiger partial charge in [0.1, 0.15) is 11.9 Å². The number of aryl methyl sites for hydroxylation is 1. The van der Waals surface area contributed by atoms with Gasteiger partial charge in [0.2, 0.25) is 0 Å². The number of carbonyl (C=O) groups excluding carboxylic acids is 1. The van der Waals surface area contributed by atoms with Crippen LogP contribution in [0.15, 0.2) is 12.4 Å². The summed E-state index contributed by atoms with van der Waals surface area (Å²) in [6.07, 6.45) is 8.81. The average Bonchev–Trinajstić information content (AvgIpc) is 3.30. The van der Waals surface area contributed by atoms with Crippen LogP contribution in [-0.2, 0) is 20.7 Å². The largest absolute Gasteiger partial charge is 0.376 e. The van der Waals surface area contributed by atoms with Crippen molar-refractivity contribution < 1.29 is 14.3 Å². The number of carbonyl (C=O) groups is 1. The van der Waals surface area contributed by atoms with Crippen LogP contribution < -0.4 is 0 Å². The van der Waals surface area contributed by atoms with E-state index in [1.165, 1.54) is 0 Å². The van der Waals surface area contributed by atoms with Crippen LogP contribution in [0.3, 0.4) is 0 Å². The van der Waals surface area contributed by atoms with Crippen molar-refractivity contribution in [3.8, 4) is 0 Å². The van der Waals surface area contributed by atoms with Crippen molar-refractivity contribution in [1.82, 2.24) is 14.5 Å². The summed E-state index contributed by atoms with van der Waals surface area (Å²) in [5.74, 6) is 1.19. The minimum Gasteiger partial charge on any atom is -0.376 e. The van der Waals surface area contributed by atoms with Crippen LogP contribution in [-0.4, -0.2) is 58.9 Å². The van der Waals surface area contributed by atoms with Crippen LogP contribution in [0.25, 0.3) is 0 Å². The van der Waals surface area contributed by atoms with Crippen molar-refractivity contribution in [2.45, 2.75) is 64.2 Å². The first kappa shape index (κ1) is 17.4. The summed E-state index contributed by atoms with van der Waals surface area (Å²) in [6.45, 7) is 6.87. The fourth-order valence-electron chi connectivity index (χ4n) is 3.69. The normalized spacial score (nSPS) is 25.8. The van der Waals surface area contributed by atoms with Gasteiger partial charge in [0.15, 0.2) is 0 Å². The smallest absolute Gasteiger partial charge is 0.251 e. The molecular formula is C18H29N3O3. The number of hydrogen-bond acceptors (Lipinski definition) is 4. The van der Waals surface area contributed by atoms with Gasteiger partial charge in [-0.3, -0.25) is 4.79 Å². The highest BCUT2D eigenvalue weighted by Crippen LogP contribution is 2.24. The van der Waals surface area contributed by atoms with E-state index in [1.54, 1.807) is 0 Å². The lowest BCUT2D eigenvalue weighted by Crippen LogP contribution is -2.45.